The highest BCUT2D eigenvalue weighted by Crippen LogP contribution is 2.32. The number of carbonyl (C=O) groups excluding carboxylic acids is 2. The maximum Gasteiger partial charge on any atom is 0.244 e. The summed E-state index contributed by atoms with van der Waals surface area (Å²) in [6, 6.07) is 16.2. The summed E-state index contributed by atoms with van der Waals surface area (Å²) in [4.78, 5) is 30.4. The first kappa shape index (κ1) is 21.6. The highest BCUT2D eigenvalue weighted by molar-refractivity contribution is 5.86. The lowest BCUT2D eigenvalue weighted by Crippen LogP contribution is -2.49. The van der Waals surface area contributed by atoms with Gasteiger partial charge >= 0.3 is 0 Å². The van der Waals surface area contributed by atoms with Crippen LogP contribution in [-0.4, -0.2) is 47.8 Å². The average Bonchev–Trinajstić information content (AvgIpc) is 3.33. The molecule has 0 aromatic heterocycles. The molecular weight excluding hydrogens is 386 g/mol. The van der Waals surface area contributed by atoms with Crippen molar-refractivity contribution in [1.29, 1.82) is 0 Å². The number of fused-ring (bicyclic) bond motifs is 1. The number of benzene rings is 2. The fourth-order valence-corrected chi connectivity index (χ4v) is 4.79. The lowest BCUT2D eigenvalue weighted by atomic mass is 9.91. The number of carbonyl (C=O) groups is 2. The molecule has 1 saturated heterocycles. The van der Waals surface area contributed by atoms with Crippen molar-refractivity contribution in [1.82, 2.24) is 15.1 Å². The summed E-state index contributed by atoms with van der Waals surface area (Å²) in [7, 11) is 0. The Morgan fingerprint density at radius 3 is 2.45 bits per heavy atom. The lowest BCUT2D eigenvalue weighted by molar-refractivity contribution is -0.137. The van der Waals surface area contributed by atoms with Crippen molar-refractivity contribution >= 4 is 11.8 Å². The van der Waals surface area contributed by atoms with Crippen LogP contribution >= 0.6 is 0 Å². The molecule has 1 N–H and O–H groups in total. The third-order valence-corrected chi connectivity index (χ3v) is 6.65. The van der Waals surface area contributed by atoms with E-state index in [1.807, 2.05) is 24.0 Å². The van der Waals surface area contributed by atoms with Crippen LogP contribution in [0.15, 0.2) is 48.5 Å². The number of likely N-dealkylation sites (tertiary alicyclic amines) is 1. The zero-order valence-electron chi connectivity index (χ0n) is 18.6. The molecule has 5 nitrogen and oxygen atoms in total. The van der Waals surface area contributed by atoms with E-state index in [9.17, 15) is 9.59 Å². The largest absolute Gasteiger partial charge is 0.348 e. The molecule has 164 valence electrons. The predicted molar refractivity (Wildman–Crippen MR) is 123 cm³/mol. The van der Waals surface area contributed by atoms with Gasteiger partial charge in [0.1, 0.15) is 6.04 Å². The van der Waals surface area contributed by atoms with Crippen LogP contribution in [0, 0.1) is 0 Å². The van der Waals surface area contributed by atoms with Crippen molar-refractivity contribution in [2.45, 2.75) is 51.6 Å². The van der Waals surface area contributed by atoms with Crippen molar-refractivity contribution in [2.75, 3.05) is 26.2 Å². The molecule has 2 amide bonds. The first-order valence-electron chi connectivity index (χ1n) is 11.6. The van der Waals surface area contributed by atoms with Crippen molar-refractivity contribution in [3.05, 3.63) is 70.8 Å². The number of amides is 2. The maximum absolute atomic E-state index is 13.4. The van der Waals surface area contributed by atoms with Crippen LogP contribution in [0.3, 0.4) is 0 Å². The van der Waals surface area contributed by atoms with Crippen LogP contribution in [-0.2, 0) is 22.4 Å². The van der Waals surface area contributed by atoms with E-state index in [2.05, 4.69) is 53.5 Å². The minimum atomic E-state index is -0.368. The van der Waals surface area contributed by atoms with Crippen molar-refractivity contribution in [2.24, 2.45) is 0 Å². The van der Waals surface area contributed by atoms with Gasteiger partial charge in [-0.05, 0) is 54.9 Å². The Morgan fingerprint density at radius 1 is 1.03 bits per heavy atom. The Morgan fingerprint density at radius 2 is 1.74 bits per heavy atom. The summed E-state index contributed by atoms with van der Waals surface area (Å²) in [6.45, 7) is 6.74. The number of nitrogens with zero attached hydrogens (tertiary/aromatic N) is 2. The number of rotatable bonds is 6. The van der Waals surface area contributed by atoms with Gasteiger partial charge in [0, 0.05) is 19.6 Å². The highest BCUT2D eigenvalue weighted by atomic mass is 16.2. The molecule has 0 aliphatic carbocycles. The minimum absolute atomic E-state index is 0.0364. The van der Waals surface area contributed by atoms with Crippen LogP contribution in [0.5, 0.6) is 0 Å². The third kappa shape index (κ3) is 4.82. The van der Waals surface area contributed by atoms with Gasteiger partial charge in [0.05, 0.1) is 12.6 Å². The van der Waals surface area contributed by atoms with E-state index >= 15 is 0 Å². The Hall–Kier alpha value is -2.66. The number of nitrogens with one attached hydrogen (secondary N) is 1. The Balaban J connectivity index is 1.47. The first-order valence-corrected chi connectivity index (χ1v) is 11.6. The fraction of sp³-hybridized carbons (Fsp3) is 0.462. The summed E-state index contributed by atoms with van der Waals surface area (Å²) in [6.07, 6.45) is 4.00. The summed E-state index contributed by atoms with van der Waals surface area (Å²) in [5, 5.41) is 3.13. The fourth-order valence-electron chi connectivity index (χ4n) is 4.79. The predicted octanol–water partition coefficient (Wildman–Crippen LogP) is 3.65. The van der Waals surface area contributed by atoms with Gasteiger partial charge < -0.3 is 10.2 Å². The smallest absolute Gasteiger partial charge is 0.244 e. The molecule has 2 aliphatic rings. The quantitative estimate of drug-likeness (QED) is 0.778. The molecule has 1 fully saturated rings. The monoisotopic (exact) mass is 419 g/mol. The zero-order chi connectivity index (χ0) is 21.8. The average molecular weight is 420 g/mol. The number of hydrogen-bond donors (Lipinski definition) is 1. The van der Waals surface area contributed by atoms with Crippen LogP contribution in [0.1, 0.15) is 61.0 Å². The molecule has 2 aromatic carbocycles. The summed E-state index contributed by atoms with van der Waals surface area (Å²) in [5.41, 5.74) is 4.67. The SMILES string of the molecule is CCc1ccc([C@H](C)NC(=O)CN2CCc3ccccc3[C@@H]2C(=O)N2CCCC2)cc1. The van der Waals surface area contributed by atoms with Crippen LogP contribution in [0.25, 0.3) is 0 Å². The van der Waals surface area contributed by atoms with Crippen molar-refractivity contribution < 1.29 is 9.59 Å². The second-order valence-electron chi connectivity index (χ2n) is 8.74. The molecule has 0 bridgehead atoms. The molecule has 2 heterocycles. The first-order chi connectivity index (χ1) is 15.1. The molecule has 0 unspecified atom stereocenters. The van der Waals surface area contributed by atoms with Gasteiger partial charge in [-0.2, -0.15) is 0 Å². The second kappa shape index (κ2) is 9.65. The molecule has 2 aromatic rings. The number of hydrogen-bond acceptors (Lipinski definition) is 3. The van der Waals surface area contributed by atoms with Gasteiger partial charge in [-0.25, -0.2) is 0 Å². The normalized spacial score (nSPS) is 19.7. The highest BCUT2D eigenvalue weighted by Gasteiger charge is 2.37. The Bertz CT molecular complexity index is 919. The van der Waals surface area contributed by atoms with E-state index in [4.69, 9.17) is 0 Å². The summed E-state index contributed by atoms with van der Waals surface area (Å²) >= 11 is 0. The van der Waals surface area contributed by atoms with E-state index in [0.29, 0.717) is 6.54 Å². The molecule has 5 heteroatoms. The Labute approximate surface area is 185 Å². The standard InChI is InChI=1S/C26H33N3O2/c1-3-20-10-12-21(13-11-20)19(2)27-24(30)18-29-17-14-22-8-4-5-9-23(22)25(29)26(31)28-15-6-7-16-28/h4-5,8-13,19,25H,3,6-7,14-18H2,1-2H3,(H,27,30)/t19-,25+/m0/s1. The topological polar surface area (TPSA) is 52.7 Å². The molecule has 0 radical (unpaired) electrons. The molecule has 2 aliphatic heterocycles. The van der Waals surface area contributed by atoms with Gasteiger partial charge in [-0.15, -0.1) is 0 Å². The van der Waals surface area contributed by atoms with E-state index in [1.54, 1.807) is 0 Å². The van der Waals surface area contributed by atoms with Gasteiger partial charge in [0.15, 0.2) is 0 Å². The van der Waals surface area contributed by atoms with Crippen LogP contribution in [0.2, 0.25) is 0 Å². The van der Waals surface area contributed by atoms with Gasteiger partial charge in [0.2, 0.25) is 11.8 Å². The molecule has 4 rings (SSSR count). The van der Waals surface area contributed by atoms with Gasteiger partial charge in [-0.3, -0.25) is 14.5 Å². The van der Waals surface area contributed by atoms with Crippen molar-refractivity contribution in [3.63, 3.8) is 0 Å². The van der Waals surface area contributed by atoms with E-state index < -0.39 is 0 Å². The van der Waals surface area contributed by atoms with Gasteiger partial charge in [0.25, 0.3) is 0 Å². The van der Waals surface area contributed by atoms with E-state index in [1.165, 1.54) is 11.1 Å². The molecular formula is C26H33N3O2. The Kier molecular flexibility index (Phi) is 6.71. The summed E-state index contributed by atoms with van der Waals surface area (Å²) in [5.74, 6) is 0.103. The van der Waals surface area contributed by atoms with E-state index in [-0.39, 0.29) is 30.4 Å². The maximum atomic E-state index is 13.4. The third-order valence-electron chi connectivity index (χ3n) is 6.65. The zero-order valence-corrected chi connectivity index (χ0v) is 18.6. The molecule has 0 spiro atoms. The second-order valence-corrected chi connectivity index (χ2v) is 8.74. The molecule has 2 atom stereocenters. The lowest BCUT2D eigenvalue weighted by Gasteiger charge is -2.38. The summed E-state index contributed by atoms with van der Waals surface area (Å²) < 4.78 is 0. The molecule has 31 heavy (non-hydrogen) atoms. The van der Waals surface area contributed by atoms with Crippen LogP contribution < -0.4 is 5.32 Å². The van der Waals surface area contributed by atoms with Gasteiger partial charge in [-0.1, -0.05) is 55.5 Å². The molecule has 0 saturated carbocycles. The van der Waals surface area contributed by atoms with Crippen molar-refractivity contribution in [3.8, 4) is 0 Å². The van der Waals surface area contributed by atoms with Crippen LogP contribution in [0.4, 0.5) is 0 Å². The van der Waals surface area contributed by atoms with E-state index in [0.717, 1.165) is 49.9 Å². The number of aryl methyl sites for hydroxylation is 1. The minimum Gasteiger partial charge on any atom is -0.348 e.